The topological polar surface area (TPSA) is 140 Å². The molecular weight excluding hydrogens is 412 g/mol. The highest BCUT2D eigenvalue weighted by molar-refractivity contribution is 5.93. The van der Waals surface area contributed by atoms with Gasteiger partial charge in [-0.15, -0.1) is 0 Å². The number of pyridine rings is 2. The van der Waals surface area contributed by atoms with Gasteiger partial charge in [0.15, 0.2) is 0 Å². The highest BCUT2D eigenvalue weighted by Crippen LogP contribution is 2.41. The molecule has 0 saturated carbocycles. The minimum absolute atomic E-state index is 0.0495. The number of ether oxygens (including phenoxy) is 2. The van der Waals surface area contributed by atoms with Crippen LogP contribution < -0.4 is 17.0 Å². The number of carbonyl (C=O) groups excluding carboxylic acids is 2. The van der Waals surface area contributed by atoms with Gasteiger partial charge < -0.3 is 25.5 Å². The van der Waals surface area contributed by atoms with Crippen molar-refractivity contribution in [3.8, 4) is 11.4 Å². The van der Waals surface area contributed by atoms with Crippen LogP contribution in [0.3, 0.4) is 0 Å². The molecule has 9 heteroatoms. The van der Waals surface area contributed by atoms with E-state index in [0.29, 0.717) is 40.3 Å². The van der Waals surface area contributed by atoms with E-state index in [9.17, 15) is 14.4 Å². The molecule has 2 aliphatic heterocycles. The van der Waals surface area contributed by atoms with E-state index in [2.05, 4.69) is 0 Å². The summed E-state index contributed by atoms with van der Waals surface area (Å²) in [5.74, 6) is -1.32. The molecule has 4 heterocycles. The molecular formula is C23H22N4O5. The zero-order valence-electron chi connectivity index (χ0n) is 17.5. The van der Waals surface area contributed by atoms with Gasteiger partial charge >= 0.3 is 11.9 Å². The number of nitrogen functional groups attached to an aromatic ring is 1. The van der Waals surface area contributed by atoms with Crippen LogP contribution in [0.4, 0.5) is 5.69 Å². The van der Waals surface area contributed by atoms with Gasteiger partial charge in [-0.25, -0.2) is 9.78 Å². The number of nitrogens with two attached hydrogens (primary N) is 2. The second-order valence-corrected chi connectivity index (χ2v) is 7.99. The Balaban J connectivity index is 1.73. The zero-order chi connectivity index (χ0) is 22.6. The molecule has 164 valence electrons. The molecule has 1 atom stereocenters. The molecule has 0 bridgehead atoms. The number of esters is 2. The molecule has 0 fully saturated rings. The van der Waals surface area contributed by atoms with E-state index in [4.69, 9.17) is 25.9 Å². The van der Waals surface area contributed by atoms with Crippen molar-refractivity contribution < 1.29 is 19.1 Å². The lowest BCUT2D eigenvalue weighted by Crippen LogP contribution is -2.47. The number of cyclic esters (lactones) is 1. The Morgan fingerprint density at radius 2 is 2.12 bits per heavy atom. The predicted molar refractivity (Wildman–Crippen MR) is 116 cm³/mol. The van der Waals surface area contributed by atoms with Crippen LogP contribution in [-0.4, -0.2) is 28.0 Å². The van der Waals surface area contributed by atoms with Crippen molar-refractivity contribution in [3.63, 3.8) is 0 Å². The van der Waals surface area contributed by atoms with Crippen LogP contribution in [0, 0.1) is 0 Å². The second-order valence-electron chi connectivity index (χ2n) is 7.99. The summed E-state index contributed by atoms with van der Waals surface area (Å²) in [5, 5.41) is 0.814. The van der Waals surface area contributed by atoms with Gasteiger partial charge in [-0.3, -0.25) is 9.59 Å². The fourth-order valence-electron chi connectivity index (χ4n) is 4.55. The maximum atomic E-state index is 13.4. The maximum Gasteiger partial charge on any atom is 0.355 e. The molecule has 0 radical (unpaired) electrons. The van der Waals surface area contributed by atoms with Crippen LogP contribution in [0.2, 0.25) is 0 Å². The normalized spacial score (nSPS) is 18.6. The fourth-order valence-corrected chi connectivity index (χ4v) is 4.55. The van der Waals surface area contributed by atoms with Gasteiger partial charge in [-0.2, -0.15) is 0 Å². The van der Waals surface area contributed by atoms with E-state index in [1.54, 1.807) is 23.6 Å². The van der Waals surface area contributed by atoms with Gasteiger partial charge in [0.25, 0.3) is 5.56 Å². The van der Waals surface area contributed by atoms with E-state index in [0.717, 1.165) is 10.9 Å². The van der Waals surface area contributed by atoms with Crippen LogP contribution >= 0.6 is 0 Å². The molecule has 4 N–H and O–H groups in total. The highest BCUT2D eigenvalue weighted by Gasteiger charge is 2.50. The van der Waals surface area contributed by atoms with Crippen molar-refractivity contribution in [2.75, 3.05) is 12.3 Å². The van der Waals surface area contributed by atoms with Crippen LogP contribution in [0.15, 0.2) is 35.1 Å². The molecule has 0 aliphatic carbocycles. The Kier molecular flexibility index (Phi) is 4.52. The Morgan fingerprint density at radius 1 is 1.31 bits per heavy atom. The molecule has 2 aliphatic rings. The third-order valence-corrected chi connectivity index (χ3v) is 6.19. The van der Waals surface area contributed by atoms with Crippen molar-refractivity contribution in [2.45, 2.75) is 38.5 Å². The first-order valence-electron chi connectivity index (χ1n) is 10.4. The van der Waals surface area contributed by atoms with Crippen molar-refractivity contribution in [2.24, 2.45) is 5.73 Å². The third-order valence-electron chi connectivity index (χ3n) is 6.19. The third kappa shape index (κ3) is 2.74. The standard InChI is InChI=1S/C23H22N4O5/c1-2-23(32-19(28)6-7-24)15-9-18-20-12(8-13-16(25)4-3-5-17(13)26-20)10-27(18)21(29)14(15)11-31-22(23)30/h3-5,8-9H,2,6-7,10-11,24-25H2,1H3/t23-/m1/s1. The minimum atomic E-state index is -1.70. The van der Waals surface area contributed by atoms with Gasteiger partial charge in [-0.05, 0) is 30.7 Å². The Bertz CT molecular complexity index is 1360. The van der Waals surface area contributed by atoms with Crippen molar-refractivity contribution in [1.29, 1.82) is 0 Å². The molecule has 1 aromatic carbocycles. The van der Waals surface area contributed by atoms with Crippen molar-refractivity contribution in [1.82, 2.24) is 9.55 Å². The Morgan fingerprint density at radius 3 is 2.88 bits per heavy atom. The largest absolute Gasteiger partial charge is 0.457 e. The summed E-state index contributed by atoms with van der Waals surface area (Å²) in [6.07, 6.45) is 0.0681. The number of carbonyl (C=O) groups is 2. The first-order chi connectivity index (χ1) is 15.4. The van der Waals surface area contributed by atoms with Gasteiger partial charge in [-0.1, -0.05) is 13.0 Å². The number of anilines is 1. The molecule has 0 spiro atoms. The number of rotatable bonds is 4. The van der Waals surface area contributed by atoms with Crippen molar-refractivity contribution in [3.05, 3.63) is 57.4 Å². The minimum Gasteiger partial charge on any atom is -0.457 e. The number of hydrogen-bond donors (Lipinski definition) is 2. The van der Waals surface area contributed by atoms with E-state index in [1.165, 1.54) is 0 Å². The molecule has 2 aromatic heterocycles. The molecule has 0 saturated heterocycles. The van der Waals surface area contributed by atoms with Gasteiger partial charge in [0, 0.05) is 28.7 Å². The Hall–Kier alpha value is -3.72. The second kappa shape index (κ2) is 7.16. The van der Waals surface area contributed by atoms with Gasteiger partial charge in [0.05, 0.1) is 35.4 Å². The maximum absolute atomic E-state index is 13.4. The van der Waals surface area contributed by atoms with Gasteiger partial charge in [0.2, 0.25) is 5.60 Å². The summed E-state index contributed by atoms with van der Waals surface area (Å²) in [4.78, 5) is 43.3. The molecule has 32 heavy (non-hydrogen) atoms. The number of benzene rings is 1. The smallest absolute Gasteiger partial charge is 0.355 e. The van der Waals surface area contributed by atoms with E-state index < -0.39 is 17.5 Å². The van der Waals surface area contributed by atoms with Crippen LogP contribution in [0.25, 0.3) is 22.3 Å². The van der Waals surface area contributed by atoms with Crippen LogP contribution in [0.1, 0.15) is 36.5 Å². The summed E-state index contributed by atoms with van der Waals surface area (Å²) in [5.41, 5.74) is 13.6. The lowest BCUT2D eigenvalue weighted by Gasteiger charge is -2.35. The van der Waals surface area contributed by atoms with E-state index in [-0.39, 0.29) is 31.6 Å². The lowest BCUT2D eigenvalue weighted by atomic mass is 9.85. The molecule has 9 nitrogen and oxygen atoms in total. The van der Waals surface area contributed by atoms with Crippen LogP contribution in [-0.2, 0) is 37.8 Å². The predicted octanol–water partition coefficient (Wildman–Crippen LogP) is 1.56. The number of hydrogen-bond acceptors (Lipinski definition) is 8. The molecule has 3 aromatic rings. The molecule has 0 unspecified atom stereocenters. The summed E-state index contributed by atoms with van der Waals surface area (Å²) in [7, 11) is 0. The number of aromatic nitrogens is 2. The zero-order valence-corrected chi connectivity index (χ0v) is 17.5. The van der Waals surface area contributed by atoms with E-state index in [1.807, 2.05) is 18.2 Å². The number of nitrogens with zero attached hydrogens (tertiary/aromatic N) is 2. The highest BCUT2D eigenvalue weighted by atomic mass is 16.6. The summed E-state index contributed by atoms with van der Waals surface area (Å²) in [6, 6.07) is 9.15. The van der Waals surface area contributed by atoms with Gasteiger partial charge in [0.1, 0.15) is 6.61 Å². The fraction of sp³-hybridized carbons (Fsp3) is 0.304. The van der Waals surface area contributed by atoms with Crippen LogP contribution in [0.5, 0.6) is 0 Å². The average molecular weight is 434 g/mol. The molecule has 0 amide bonds. The summed E-state index contributed by atoms with van der Waals surface area (Å²) < 4.78 is 12.5. The SMILES string of the molecule is CC[C@]1(OC(=O)CCN)C(=O)OCc2c1cc1n(c2=O)Cc2cc3c(N)cccc3nc2-1. The van der Waals surface area contributed by atoms with E-state index >= 15 is 0 Å². The summed E-state index contributed by atoms with van der Waals surface area (Å²) in [6.45, 7) is 1.94. The quantitative estimate of drug-likeness (QED) is 0.364. The first-order valence-corrected chi connectivity index (χ1v) is 10.4. The lowest BCUT2D eigenvalue weighted by molar-refractivity contribution is -0.189. The average Bonchev–Trinajstić information content (AvgIpc) is 3.13. The number of fused-ring (bicyclic) bond motifs is 5. The summed E-state index contributed by atoms with van der Waals surface area (Å²) >= 11 is 0. The first kappa shape index (κ1) is 20.2. The monoisotopic (exact) mass is 434 g/mol. The molecule has 5 rings (SSSR count). The van der Waals surface area contributed by atoms with Crippen molar-refractivity contribution >= 4 is 28.5 Å². The Labute approximate surface area is 182 Å².